The van der Waals surface area contributed by atoms with Crippen LogP contribution in [-0.2, 0) is 15.6 Å². The first kappa shape index (κ1) is 14.8. The number of benzene rings is 2. The van der Waals surface area contributed by atoms with E-state index in [4.69, 9.17) is 16.0 Å². The van der Waals surface area contributed by atoms with Gasteiger partial charge in [-0.3, -0.25) is 4.79 Å². The highest BCUT2D eigenvalue weighted by Gasteiger charge is 2.18. The second-order valence-corrected chi connectivity index (χ2v) is 7.23. The standard InChI is InChI=1S/C16H11ClO4S/c17-12-5-7-13(8-6-12)22(19,20)10-11-9-21-15-4-2-1-3-14(15)16(11)18/h1-9H,10H2. The topological polar surface area (TPSA) is 64.3 Å². The lowest BCUT2D eigenvalue weighted by molar-refractivity contribution is 0.583. The summed E-state index contributed by atoms with van der Waals surface area (Å²) >= 11 is 5.75. The van der Waals surface area contributed by atoms with E-state index in [1.807, 2.05) is 0 Å². The molecule has 0 aliphatic rings. The maximum absolute atomic E-state index is 12.4. The van der Waals surface area contributed by atoms with Crippen molar-refractivity contribution in [3.63, 3.8) is 0 Å². The molecule has 0 radical (unpaired) electrons. The van der Waals surface area contributed by atoms with Gasteiger partial charge in [0.25, 0.3) is 0 Å². The van der Waals surface area contributed by atoms with Crippen LogP contribution in [0.1, 0.15) is 5.56 Å². The highest BCUT2D eigenvalue weighted by Crippen LogP contribution is 2.19. The van der Waals surface area contributed by atoms with Gasteiger partial charge in [0.15, 0.2) is 15.3 Å². The molecule has 0 spiro atoms. The molecule has 0 aliphatic heterocycles. The summed E-state index contributed by atoms with van der Waals surface area (Å²) in [6.07, 6.45) is 1.21. The zero-order chi connectivity index (χ0) is 15.7. The molecule has 2 aromatic carbocycles. The number of fused-ring (bicyclic) bond motifs is 1. The summed E-state index contributed by atoms with van der Waals surface area (Å²) in [5, 5.41) is 0.815. The van der Waals surface area contributed by atoms with Crippen LogP contribution >= 0.6 is 11.6 Å². The highest BCUT2D eigenvalue weighted by molar-refractivity contribution is 7.90. The molecule has 3 aromatic rings. The van der Waals surface area contributed by atoms with Crippen LogP contribution in [0.15, 0.2) is 68.9 Å². The minimum Gasteiger partial charge on any atom is -0.464 e. The molecule has 0 N–H and O–H groups in total. The number of para-hydroxylation sites is 1. The molecule has 0 atom stereocenters. The van der Waals surface area contributed by atoms with Crippen molar-refractivity contribution in [2.24, 2.45) is 0 Å². The van der Waals surface area contributed by atoms with Crippen LogP contribution in [0.25, 0.3) is 11.0 Å². The Balaban J connectivity index is 2.04. The number of halogens is 1. The Bertz CT molecular complexity index is 989. The van der Waals surface area contributed by atoms with E-state index in [9.17, 15) is 13.2 Å². The van der Waals surface area contributed by atoms with Gasteiger partial charge in [0, 0.05) is 5.02 Å². The Morgan fingerprint density at radius 3 is 2.41 bits per heavy atom. The van der Waals surface area contributed by atoms with E-state index in [1.165, 1.54) is 30.5 Å². The number of sulfone groups is 1. The zero-order valence-electron chi connectivity index (χ0n) is 11.3. The second-order valence-electron chi connectivity index (χ2n) is 4.80. The number of rotatable bonds is 3. The summed E-state index contributed by atoms with van der Waals surface area (Å²) in [5.74, 6) is -0.415. The minimum absolute atomic E-state index is 0.105. The van der Waals surface area contributed by atoms with E-state index in [0.29, 0.717) is 16.0 Å². The van der Waals surface area contributed by atoms with Gasteiger partial charge in [0.1, 0.15) is 5.58 Å². The summed E-state index contributed by atoms with van der Waals surface area (Å²) in [7, 11) is -3.64. The van der Waals surface area contributed by atoms with Gasteiger partial charge in [0.05, 0.1) is 27.9 Å². The maximum atomic E-state index is 12.4. The third kappa shape index (κ3) is 2.77. The molecule has 1 heterocycles. The number of hydrogen-bond donors (Lipinski definition) is 0. The molecule has 22 heavy (non-hydrogen) atoms. The first-order chi connectivity index (χ1) is 10.5. The molecule has 0 unspecified atom stereocenters. The molecule has 0 saturated carbocycles. The quantitative estimate of drug-likeness (QED) is 0.736. The maximum Gasteiger partial charge on any atom is 0.196 e. The largest absolute Gasteiger partial charge is 0.464 e. The minimum atomic E-state index is -3.64. The average molecular weight is 335 g/mol. The zero-order valence-corrected chi connectivity index (χ0v) is 12.9. The Morgan fingerprint density at radius 2 is 1.68 bits per heavy atom. The van der Waals surface area contributed by atoms with Crippen LogP contribution in [-0.4, -0.2) is 8.42 Å². The van der Waals surface area contributed by atoms with Gasteiger partial charge in [0.2, 0.25) is 0 Å². The van der Waals surface area contributed by atoms with E-state index in [1.54, 1.807) is 24.3 Å². The lowest BCUT2D eigenvalue weighted by Crippen LogP contribution is -2.14. The van der Waals surface area contributed by atoms with E-state index in [-0.39, 0.29) is 15.9 Å². The van der Waals surface area contributed by atoms with Crippen LogP contribution in [0.3, 0.4) is 0 Å². The van der Waals surface area contributed by atoms with E-state index < -0.39 is 15.6 Å². The fourth-order valence-corrected chi connectivity index (χ4v) is 3.60. The molecule has 4 nitrogen and oxygen atoms in total. The first-order valence-electron chi connectivity index (χ1n) is 6.45. The molecule has 1 aromatic heterocycles. The molecular weight excluding hydrogens is 324 g/mol. The van der Waals surface area contributed by atoms with Gasteiger partial charge in [-0.15, -0.1) is 0 Å². The predicted octanol–water partition coefficient (Wildman–Crippen LogP) is 3.42. The van der Waals surface area contributed by atoms with Gasteiger partial charge in [-0.2, -0.15) is 0 Å². The van der Waals surface area contributed by atoms with Crippen LogP contribution in [0.4, 0.5) is 0 Å². The summed E-state index contributed by atoms with van der Waals surface area (Å²) in [4.78, 5) is 12.5. The third-order valence-electron chi connectivity index (χ3n) is 3.27. The van der Waals surface area contributed by atoms with Crippen molar-refractivity contribution < 1.29 is 12.8 Å². The molecule has 112 valence electrons. The van der Waals surface area contributed by atoms with Gasteiger partial charge >= 0.3 is 0 Å². The molecule has 0 saturated heterocycles. The van der Waals surface area contributed by atoms with E-state index >= 15 is 0 Å². The molecule has 6 heteroatoms. The van der Waals surface area contributed by atoms with Crippen LogP contribution in [0, 0.1) is 0 Å². The molecule has 3 rings (SSSR count). The monoisotopic (exact) mass is 334 g/mol. The Labute approximate surface area is 131 Å². The van der Waals surface area contributed by atoms with Crippen molar-refractivity contribution in [3.05, 3.63) is 75.6 Å². The summed E-state index contributed by atoms with van der Waals surface area (Å²) in [6.45, 7) is 0. The van der Waals surface area contributed by atoms with Crippen LogP contribution in [0.5, 0.6) is 0 Å². The molecule has 0 bridgehead atoms. The van der Waals surface area contributed by atoms with Crippen molar-refractivity contribution in [2.75, 3.05) is 0 Å². The molecule has 0 amide bonds. The average Bonchev–Trinajstić information content (AvgIpc) is 2.51. The van der Waals surface area contributed by atoms with Crippen LogP contribution in [0.2, 0.25) is 5.02 Å². The molecular formula is C16H11ClO4S. The van der Waals surface area contributed by atoms with Gasteiger partial charge in [-0.25, -0.2) is 8.42 Å². The Morgan fingerprint density at radius 1 is 1.00 bits per heavy atom. The Hall–Kier alpha value is -2.11. The SMILES string of the molecule is O=c1c(CS(=O)(=O)c2ccc(Cl)cc2)coc2ccccc12. The van der Waals surface area contributed by atoms with Crippen molar-refractivity contribution in [1.29, 1.82) is 0 Å². The predicted molar refractivity (Wildman–Crippen MR) is 84.8 cm³/mol. The third-order valence-corrected chi connectivity index (χ3v) is 5.20. The second kappa shape index (κ2) is 5.59. The first-order valence-corrected chi connectivity index (χ1v) is 8.48. The highest BCUT2D eigenvalue weighted by atomic mass is 35.5. The van der Waals surface area contributed by atoms with E-state index in [2.05, 4.69) is 0 Å². The van der Waals surface area contributed by atoms with E-state index in [0.717, 1.165) is 0 Å². The van der Waals surface area contributed by atoms with Gasteiger partial charge in [-0.05, 0) is 36.4 Å². The lowest BCUT2D eigenvalue weighted by atomic mass is 10.2. The summed E-state index contributed by atoms with van der Waals surface area (Å²) in [6, 6.07) is 12.6. The number of hydrogen-bond acceptors (Lipinski definition) is 4. The molecule has 0 aliphatic carbocycles. The summed E-state index contributed by atoms with van der Waals surface area (Å²) in [5.41, 5.74) is 0.202. The smallest absolute Gasteiger partial charge is 0.196 e. The fourth-order valence-electron chi connectivity index (χ4n) is 2.15. The van der Waals surface area contributed by atoms with Gasteiger partial charge in [-0.1, -0.05) is 23.7 Å². The molecule has 0 fully saturated rings. The van der Waals surface area contributed by atoms with Crippen molar-refractivity contribution in [3.8, 4) is 0 Å². The van der Waals surface area contributed by atoms with Crippen molar-refractivity contribution in [2.45, 2.75) is 10.6 Å². The van der Waals surface area contributed by atoms with Crippen LogP contribution < -0.4 is 5.43 Å². The normalized spacial score (nSPS) is 11.7. The lowest BCUT2D eigenvalue weighted by Gasteiger charge is -2.05. The van der Waals surface area contributed by atoms with Crippen molar-refractivity contribution >= 4 is 32.4 Å². The van der Waals surface area contributed by atoms with Gasteiger partial charge < -0.3 is 4.42 Å². The fraction of sp³-hybridized carbons (Fsp3) is 0.0625. The van der Waals surface area contributed by atoms with Crippen molar-refractivity contribution in [1.82, 2.24) is 0 Å². The summed E-state index contributed by atoms with van der Waals surface area (Å²) < 4.78 is 30.1. The Kier molecular flexibility index (Phi) is 3.76.